The molecule has 0 amide bonds. The SMILES string of the molecule is CCN1C=C/C(=C\C2C(=O)C([O-])C(/C=C3\C=CN(CC)c4ccccc43)C2[O-])c2ccccc21. The lowest BCUT2D eigenvalue weighted by Crippen LogP contribution is -2.40. The van der Waals surface area contributed by atoms with Crippen LogP contribution >= 0.6 is 0 Å². The van der Waals surface area contributed by atoms with Gasteiger partial charge in [0.1, 0.15) is 5.78 Å². The molecule has 0 N–H and O–H groups in total. The molecule has 5 rings (SSSR count). The maximum absolute atomic E-state index is 13.4. The van der Waals surface area contributed by atoms with Gasteiger partial charge in [-0.15, -0.1) is 6.10 Å². The number of hydrogen-bond donors (Lipinski definition) is 0. The zero-order valence-electron chi connectivity index (χ0n) is 19.4. The van der Waals surface area contributed by atoms with Crippen molar-refractivity contribution in [3.63, 3.8) is 0 Å². The molecule has 2 aromatic carbocycles. The minimum absolute atomic E-state index is 0.513. The molecule has 0 bridgehead atoms. The average molecular weight is 453 g/mol. The molecule has 5 heteroatoms. The van der Waals surface area contributed by atoms with E-state index < -0.39 is 29.8 Å². The third-order valence-electron chi connectivity index (χ3n) is 7.02. The molecule has 5 nitrogen and oxygen atoms in total. The normalized spacial score (nSPS) is 28.1. The van der Waals surface area contributed by atoms with Gasteiger partial charge in [-0.25, -0.2) is 0 Å². The third kappa shape index (κ3) is 3.71. The highest BCUT2D eigenvalue weighted by atomic mass is 16.3. The zero-order valence-corrected chi connectivity index (χ0v) is 19.4. The summed E-state index contributed by atoms with van der Waals surface area (Å²) < 4.78 is 0. The van der Waals surface area contributed by atoms with Crippen molar-refractivity contribution in [3.8, 4) is 0 Å². The molecule has 0 aromatic heterocycles. The van der Waals surface area contributed by atoms with E-state index in [0.29, 0.717) is 0 Å². The summed E-state index contributed by atoms with van der Waals surface area (Å²) in [5, 5.41) is 26.5. The Balaban J connectivity index is 1.48. The summed E-state index contributed by atoms with van der Waals surface area (Å²) >= 11 is 0. The molecule has 1 saturated carbocycles. The van der Waals surface area contributed by atoms with E-state index in [1.165, 1.54) is 0 Å². The minimum atomic E-state index is -1.56. The summed E-state index contributed by atoms with van der Waals surface area (Å²) in [6, 6.07) is 15.9. The third-order valence-corrected chi connectivity index (χ3v) is 7.02. The number of fused-ring (bicyclic) bond motifs is 2. The molecule has 174 valence electrons. The summed E-state index contributed by atoms with van der Waals surface area (Å²) in [5.74, 6) is -2.35. The van der Waals surface area contributed by atoms with E-state index in [4.69, 9.17) is 0 Å². The maximum atomic E-state index is 13.4. The van der Waals surface area contributed by atoms with E-state index in [0.717, 1.165) is 46.7 Å². The summed E-state index contributed by atoms with van der Waals surface area (Å²) in [7, 11) is 0. The van der Waals surface area contributed by atoms with Crippen molar-refractivity contribution < 1.29 is 15.0 Å². The first-order valence-corrected chi connectivity index (χ1v) is 11.9. The number of ketones is 1. The topological polar surface area (TPSA) is 69.7 Å². The summed E-state index contributed by atoms with van der Waals surface area (Å²) in [6.45, 7) is 5.78. The Labute approximate surface area is 200 Å². The van der Waals surface area contributed by atoms with Crippen LogP contribution in [0.4, 0.5) is 11.4 Å². The van der Waals surface area contributed by atoms with Crippen LogP contribution in [0.2, 0.25) is 0 Å². The molecule has 3 aliphatic rings. The monoisotopic (exact) mass is 452 g/mol. The Bertz CT molecular complexity index is 1230. The Morgan fingerprint density at radius 3 is 1.82 bits per heavy atom. The first-order chi connectivity index (χ1) is 16.5. The first-order valence-electron chi connectivity index (χ1n) is 11.9. The summed E-state index contributed by atoms with van der Waals surface area (Å²) in [5.41, 5.74) is 5.67. The highest BCUT2D eigenvalue weighted by molar-refractivity contribution is 5.95. The number of hydrogen-bond acceptors (Lipinski definition) is 5. The van der Waals surface area contributed by atoms with Crippen molar-refractivity contribution in [2.45, 2.75) is 26.1 Å². The molecule has 0 spiro atoms. The van der Waals surface area contributed by atoms with Crippen LogP contribution in [0.1, 0.15) is 25.0 Å². The highest BCUT2D eigenvalue weighted by Gasteiger charge is 2.37. The molecule has 4 unspecified atom stereocenters. The molecular weight excluding hydrogens is 424 g/mol. The van der Waals surface area contributed by atoms with Gasteiger partial charge in [0.25, 0.3) is 0 Å². The zero-order chi connectivity index (χ0) is 23.8. The number of para-hydroxylation sites is 2. The van der Waals surface area contributed by atoms with Crippen LogP contribution in [-0.2, 0) is 4.79 Å². The molecular formula is C29H28N2O3-2. The fourth-order valence-electron chi connectivity index (χ4n) is 5.17. The lowest BCUT2D eigenvalue weighted by molar-refractivity contribution is -0.458. The van der Waals surface area contributed by atoms with Gasteiger partial charge in [0.2, 0.25) is 0 Å². The van der Waals surface area contributed by atoms with Crippen LogP contribution in [0.25, 0.3) is 11.1 Å². The van der Waals surface area contributed by atoms with Gasteiger partial charge >= 0.3 is 0 Å². The van der Waals surface area contributed by atoms with Gasteiger partial charge in [-0.1, -0.05) is 54.7 Å². The predicted octanol–water partition coefficient (Wildman–Crippen LogP) is 3.13. The number of carbonyl (C=O) groups is 1. The van der Waals surface area contributed by atoms with Crippen LogP contribution in [0.5, 0.6) is 0 Å². The van der Waals surface area contributed by atoms with Gasteiger partial charge in [0.05, 0.1) is 0 Å². The van der Waals surface area contributed by atoms with Crippen molar-refractivity contribution in [2.24, 2.45) is 11.8 Å². The average Bonchev–Trinajstić information content (AvgIpc) is 3.07. The van der Waals surface area contributed by atoms with E-state index >= 15 is 0 Å². The van der Waals surface area contributed by atoms with Gasteiger partial charge in [-0.2, -0.15) is 0 Å². The number of anilines is 2. The van der Waals surface area contributed by atoms with Gasteiger partial charge < -0.3 is 24.8 Å². The maximum Gasteiger partial charge on any atom is 0.125 e. The fourth-order valence-corrected chi connectivity index (χ4v) is 5.17. The Morgan fingerprint density at radius 2 is 1.29 bits per heavy atom. The Kier molecular flexibility index (Phi) is 5.98. The van der Waals surface area contributed by atoms with Gasteiger partial charge in [-0.3, -0.25) is 0 Å². The lowest BCUT2D eigenvalue weighted by atomic mass is 9.91. The van der Waals surface area contributed by atoms with Crippen LogP contribution in [-0.4, -0.2) is 31.1 Å². The van der Waals surface area contributed by atoms with Gasteiger partial charge in [0, 0.05) is 53.9 Å². The van der Waals surface area contributed by atoms with Crippen molar-refractivity contribution in [2.75, 3.05) is 22.9 Å². The number of Topliss-reactive ketones (excluding diaryl/α,β-unsaturated/α-hetero) is 1. The second-order valence-electron chi connectivity index (χ2n) is 8.87. The van der Waals surface area contributed by atoms with E-state index in [1.807, 2.05) is 73.1 Å². The molecule has 2 heterocycles. The van der Waals surface area contributed by atoms with Crippen LogP contribution in [0.15, 0.2) is 85.2 Å². The molecule has 0 radical (unpaired) electrons. The standard InChI is InChI=1S/C29H28N2O3/c1-3-30-15-13-19(21-9-5-7-11-25(21)30)17-23-27(32)24(29(34)28(23)33)18-20-14-16-31(4-2)26-12-8-6-10-22(20)26/h5-18,23-24,27-28H,3-4H2,1-2H3/q-2/b19-17+,20-18+. The highest BCUT2D eigenvalue weighted by Crippen LogP contribution is 2.39. The summed E-state index contributed by atoms with van der Waals surface area (Å²) in [6.07, 6.45) is 8.36. The lowest BCUT2D eigenvalue weighted by Gasteiger charge is -2.32. The smallest absolute Gasteiger partial charge is 0.125 e. The second-order valence-corrected chi connectivity index (χ2v) is 8.87. The quantitative estimate of drug-likeness (QED) is 0.713. The predicted molar refractivity (Wildman–Crippen MR) is 133 cm³/mol. The van der Waals surface area contributed by atoms with Gasteiger partial charge in [0.15, 0.2) is 0 Å². The molecule has 4 atom stereocenters. The Morgan fingerprint density at radius 1 is 0.794 bits per heavy atom. The van der Waals surface area contributed by atoms with Crippen LogP contribution in [0.3, 0.4) is 0 Å². The van der Waals surface area contributed by atoms with Crippen LogP contribution < -0.4 is 20.0 Å². The molecule has 1 fully saturated rings. The summed E-state index contributed by atoms with van der Waals surface area (Å²) in [4.78, 5) is 17.2. The molecule has 1 aliphatic carbocycles. The van der Waals surface area contributed by atoms with E-state index in [9.17, 15) is 15.0 Å². The number of allylic oxidation sites excluding steroid dienone is 4. The molecule has 34 heavy (non-hydrogen) atoms. The van der Waals surface area contributed by atoms with Crippen molar-refractivity contribution >= 4 is 28.3 Å². The number of nitrogens with zero attached hydrogens (tertiary/aromatic N) is 2. The fraction of sp³-hybridized carbons (Fsp3) is 0.276. The van der Waals surface area contributed by atoms with E-state index in [1.54, 1.807) is 12.2 Å². The number of benzene rings is 2. The minimum Gasteiger partial charge on any atom is -0.851 e. The number of rotatable bonds is 4. The molecule has 0 saturated heterocycles. The van der Waals surface area contributed by atoms with E-state index in [2.05, 4.69) is 23.6 Å². The first kappa shape index (κ1) is 22.4. The molecule has 2 aliphatic heterocycles. The van der Waals surface area contributed by atoms with Gasteiger partial charge in [-0.05, 0) is 55.2 Å². The van der Waals surface area contributed by atoms with Crippen molar-refractivity contribution in [1.82, 2.24) is 0 Å². The largest absolute Gasteiger partial charge is 0.851 e. The van der Waals surface area contributed by atoms with E-state index in [-0.39, 0.29) is 0 Å². The van der Waals surface area contributed by atoms with Crippen LogP contribution in [0, 0.1) is 11.8 Å². The second kappa shape index (κ2) is 9.09. The molecule has 2 aromatic rings. The Hall–Kier alpha value is -3.41. The van der Waals surface area contributed by atoms with Crippen molar-refractivity contribution in [1.29, 1.82) is 0 Å². The van der Waals surface area contributed by atoms with Crippen molar-refractivity contribution in [3.05, 3.63) is 96.4 Å². The number of carbonyl (C=O) groups excluding carboxylic acids is 1.